The van der Waals surface area contributed by atoms with Crippen LogP contribution in [0.4, 0.5) is 11.4 Å². The molecule has 0 saturated heterocycles. The Morgan fingerprint density at radius 3 is 2.10 bits per heavy atom. The highest BCUT2D eigenvalue weighted by atomic mass is 35.5. The highest BCUT2D eigenvalue weighted by Crippen LogP contribution is 2.24. The second-order valence-corrected chi connectivity index (χ2v) is 11.3. The molecule has 0 aliphatic rings. The molecule has 0 fully saturated rings. The zero-order chi connectivity index (χ0) is 28.7. The van der Waals surface area contributed by atoms with Gasteiger partial charge in [0, 0.05) is 21.8 Å². The summed E-state index contributed by atoms with van der Waals surface area (Å²) in [5.41, 5.74) is 6.26. The van der Waals surface area contributed by atoms with Crippen LogP contribution in [0.5, 0.6) is 0 Å². The third-order valence-electron chi connectivity index (χ3n) is 5.99. The van der Waals surface area contributed by atoms with E-state index in [0.29, 0.717) is 44.4 Å². The van der Waals surface area contributed by atoms with Gasteiger partial charge in [0.05, 0.1) is 24.2 Å². The van der Waals surface area contributed by atoms with Crippen molar-refractivity contribution in [2.75, 3.05) is 15.9 Å². The molecule has 40 heavy (non-hydrogen) atoms. The first-order chi connectivity index (χ1) is 19.1. The van der Waals surface area contributed by atoms with Gasteiger partial charge in [-0.3, -0.25) is 13.9 Å². The maximum absolute atomic E-state index is 12.7. The van der Waals surface area contributed by atoms with Crippen molar-refractivity contribution in [3.63, 3.8) is 0 Å². The van der Waals surface area contributed by atoms with Gasteiger partial charge in [-0.25, -0.2) is 13.8 Å². The SMILES string of the molecule is C/C(=N\NC(=O)c1ccc(N(Cc2ccccc2Cl)S(C)(=O)=O)cc1)c1cccc(NC(=O)c2ccccc2)c1. The lowest BCUT2D eigenvalue weighted by Crippen LogP contribution is -2.29. The van der Waals surface area contributed by atoms with Crippen molar-refractivity contribution >= 4 is 50.5 Å². The van der Waals surface area contributed by atoms with Crippen LogP contribution in [0.3, 0.4) is 0 Å². The number of nitrogens with zero attached hydrogens (tertiary/aromatic N) is 2. The highest BCUT2D eigenvalue weighted by molar-refractivity contribution is 7.92. The fourth-order valence-electron chi connectivity index (χ4n) is 3.84. The van der Waals surface area contributed by atoms with Crippen LogP contribution < -0.4 is 15.0 Å². The number of sulfonamides is 1. The molecule has 8 nitrogen and oxygen atoms in total. The van der Waals surface area contributed by atoms with Crippen molar-refractivity contribution in [3.05, 3.63) is 130 Å². The van der Waals surface area contributed by atoms with Gasteiger partial charge in [-0.15, -0.1) is 0 Å². The minimum atomic E-state index is -3.62. The van der Waals surface area contributed by atoms with Crippen LogP contribution in [0, 0.1) is 0 Å². The Morgan fingerprint density at radius 1 is 0.800 bits per heavy atom. The van der Waals surface area contributed by atoms with Gasteiger partial charge >= 0.3 is 0 Å². The lowest BCUT2D eigenvalue weighted by Gasteiger charge is -2.23. The minimum absolute atomic E-state index is 0.0540. The van der Waals surface area contributed by atoms with Crippen LogP contribution in [-0.2, 0) is 16.6 Å². The summed E-state index contributed by atoms with van der Waals surface area (Å²) in [6, 6.07) is 29.2. The number of hydrogen-bond donors (Lipinski definition) is 2. The number of rotatable bonds is 9. The van der Waals surface area contributed by atoms with Crippen molar-refractivity contribution in [2.45, 2.75) is 13.5 Å². The first-order valence-corrected chi connectivity index (χ1v) is 14.5. The summed E-state index contributed by atoms with van der Waals surface area (Å²) < 4.78 is 26.2. The molecule has 2 amide bonds. The van der Waals surface area contributed by atoms with Gasteiger partial charge in [-0.05, 0) is 72.6 Å². The molecule has 0 bridgehead atoms. The average Bonchev–Trinajstić information content (AvgIpc) is 2.95. The summed E-state index contributed by atoms with van der Waals surface area (Å²) >= 11 is 6.23. The molecule has 0 aromatic heterocycles. The highest BCUT2D eigenvalue weighted by Gasteiger charge is 2.19. The molecule has 0 heterocycles. The van der Waals surface area contributed by atoms with E-state index in [0.717, 1.165) is 6.26 Å². The number of benzene rings is 4. The lowest BCUT2D eigenvalue weighted by atomic mass is 10.1. The van der Waals surface area contributed by atoms with Gasteiger partial charge in [0.25, 0.3) is 11.8 Å². The van der Waals surface area contributed by atoms with E-state index in [1.54, 1.807) is 85.8 Å². The summed E-state index contributed by atoms with van der Waals surface area (Å²) in [5, 5.41) is 7.51. The van der Waals surface area contributed by atoms with E-state index in [1.807, 2.05) is 12.1 Å². The molecule has 10 heteroatoms. The van der Waals surface area contributed by atoms with E-state index in [2.05, 4.69) is 15.8 Å². The zero-order valence-corrected chi connectivity index (χ0v) is 23.4. The molecule has 4 aromatic carbocycles. The largest absolute Gasteiger partial charge is 0.322 e. The predicted octanol–water partition coefficient (Wildman–Crippen LogP) is 5.71. The number of anilines is 2. The summed E-state index contributed by atoms with van der Waals surface area (Å²) in [4.78, 5) is 25.2. The van der Waals surface area contributed by atoms with E-state index in [4.69, 9.17) is 11.6 Å². The average molecular weight is 575 g/mol. The molecule has 0 spiro atoms. The Labute approximate surface area is 238 Å². The number of carbonyl (C=O) groups is 2. The van der Waals surface area contributed by atoms with Crippen molar-refractivity contribution in [3.8, 4) is 0 Å². The van der Waals surface area contributed by atoms with Gasteiger partial charge < -0.3 is 5.32 Å². The Kier molecular flexibility index (Phi) is 8.98. The number of hydrazone groups is 1. The fraction of sp³-hybridized carbons (Fsp3) is 0.100. The fourth-order valence-corrected chi connectivity index (χ4v) is 4.91. The van der Waals surface area contributed by atoms with Crippen LogP contribution in [-0.4, -0.2) is 32.2 Å². The molecule has 0 aliphatic heterocycles. The van der Waals surface area contributed by atoms with E-state index in [1.165, 1.54) is 16.4 Å². The second kappa shape index (κ2) is 12.6. The Balaban J connectivity index is 1.43. The van der Waals surface area contributed by atoms with E-state index in [9.17, 15) is 18.0 Å². The predicted molar refractivity (Wildman–Crippen MR) is 159 cm³/mol. The first kappa shape index (κ1) is 28.5. The molecular weight excluding hydrogens is 548 g/mol. The smallest absolute Gasteiger partial charge is 0.271 e. The van der Waals surface area contributed by atoms with Crippen molar-refractivity contribution in [1.29, 1.82) is 0 Å². The van der Waals surface area contributed by atoms with Crippen LogP contribution in [0.1, 0.15) is 38.8 Å². The standard InChI is InChI=1S/C30H27ClN4O4S/c1-21(24-12-8-13-26(19-24)32-29(36)22-9-4-3-5-10-22)33-34-30(37)23-15-17-27(18-16-23)35(40(2,38)39)20-25-11-6-7-14-28(25)31/h3-19H,20H2,1-2H3,(H,32,36)(H,34,37)/b33-21+. The van der Waals surface area contributed by atoms with E-state index >= 15 is 0 Å². The van der Waals surface area contributed by atoms with Gasteiger partial charge in [0.15, 0.2) is 0 Å². The number of halogens is 1. The van der Waals surface area contributed by atoms with Crippen LogP contribution >= 0.6 is 11.6 Å². The maximum Gasteiger partial charge on any atom is 0.271 e. The molecule has 0 atom stereocenters. The van der Waals surface area contributed by atoms with Gasteiger partial charge in [0.1, 0.15) is 0 Å². The van der Waals surface area contributed by atoms with Crippen molar-refractivity contribution < 1.29 is 18.0 Å². The number of hydrogen-bond acceptors (Lipinski definition) is 5. The summed E-state index contributed by atoms with van der Waals surface area (Å²) in [5.74, 6) is -0.693. The van der Waals surface area contributed by atoms with Crippen molar-refractivity contribution in [1.82, 2.24) is 5.43 Å². The molecule has 0 aliphatic carbocycles. The van der Waals surface area contributed by atoms with Crippen LogP contribution in [0.15, 0.2) is 108 Å². The first-order valence-electron chi connectivity index (χ1n) is 12.2. The number of carbonyl (C=O) groups excluding carboxylic acids is 2. The Bertz CT molecular complexity index is 1660. The lowest BCUT2D eigenvalue weighted by molar-refractivity contribution is 0.0954. The second-order valence-electron chi connectivity index (χ2n) is 8.95. The minimum Gasteiger partial charge on any atom is -0.322 e. The molecule has 204 valence electrons. The molecule has 4 rings (SSSR count). The van der Waals surface area contributed by atoms with Crippen LogP contribution in [0.2, 0.25) is 5.02 Å². The van der Waals surface area contributed by atoms with E-state index in [-0.39, 0.29) is 12.5 Å². The van der Waals surface area contributed by atoms with Crippen LogP contribution in [0.25, 0.3) is 0 Å². The van der Waals surface area contributed by atoms with E-state index < -0.39 is 15.9 Å². The molecule has 4 aromatic rings. The number of nitrogens with one attached hydrogen (secondary N) is 2. The topological polar surface area (TPSA) is 108 Å². The Hall–Kier alpha value is -4.47. The number of amides is 2. The monoisotopic (exact) mass is 574 g/mol. The zero-order valence-electron chi connectivity index (χ0n) is 21.8. The molecule has 0 unspecified atom stereocenters. The molecule has 0 radical (unpaired) electrons. The third kappa shape index (κ3) is 7.34. The summed E-state index contributed by atoms with van der Waals surface area (Å²) in [6.07, 6.45) is 1.12. The molecular formula is C30H27ClN4O4S. The van der Waals surface area contributed by atoms with Gasteiger partial charge in [-0.2, -0.15) is 5.10 Å². The quantitative estimate of drug-likeness (QED) is 0.197. The maximum atomic E-state index is 12.7. The van der Waals surface area contributed by atoms with Crippen molar-refractivity contribution in [2.24, 2.45) is 5.10 Å². The molecule has 0 saturated carbocycles. The summed E-state index contributed by atoms with van der Waals surface area (Å²) in [7, 11) is -3.62. The Morgan fingerprint density at radius 2 is 1.43 bits per heavy atom. The van der Waals surface area contributed by atoms with Gasteiger partial charge in [0.2, 0.25) is 10.0 Å². The normalized spacial score (nSPS) is 11.5. The molecule has 2 N–H and O–H groups in total. The van der Waals surface area contributed by atoms with Gasteiger partial charge in [-0.1, -0.05) is 60.1 Å². The third-order valence-corrected chi connectivity index (χ3v) is 7.50. The summed E-state index contributed by atoms with van der Waals surface area (Å²) in [6.45, 7) is 1.79.